The van der Waals surface area contributed by atoms with E-state index in [4.69, 9.17) is 5.11 Å². The quantitative estimate of drug-likeness (QED) is 0.771. The lowest BCUT2D eigenvalue weighted by Crippen LogP contribution is -2.39. The van der Waals surface area contributed by atoms with Crippen LogP contribution in [0.1, 0.15) is 24.3 Å². The zero-order valence-corrected chi connectivity index (χ0v) is 9.40. The molecule has 0 bridgehead atoms. The van der Waals surface area contributed by atoms with Crippen LogP contribution in [0.4, 0.5) is 0 Å². The fraction of sp³-hybridized carbons (Fsp3) is 0.545. The lowest BCUT2D eigenvalue weighted by Gasteiger charge is -2.19. The van der Waals surface area contributed by atoms with E-state index in [1.165, 1.54) is 0 Å². The predicted molar refractivity (Wildman–Crippen MR) is 58.6 cm³/mol. The smallest absolute Gasteiger partial charge is 0.268 e. The molecule has 1 rings (SSSR count). The van der Waals surface area contributed by atoms with Crippen molar-refractivity contribution in [3.8, 4) is 0 Å². The first-order valence-corrected chi connectivity index (χ1v) is 5.09. The number of aryl methyl sites for hydroxylation is 1. The fourth-order valence-corrected chi connectivity index (χ4v) is 1.28. The lowest BCUT2D eigenvalue weighted by molar-refractivity contribution is 0.0908. The first-order valence-electron chi connectivity index (χ1n) is 5.09. The molecule has 0 saturated heterocycles. The van der Waals surface area contributed by atoms with E-state index in [2.05, 4.69) is 5.32 Å². The van der Waals surface area contributed by atoms with E-state index >= 15 is 0 Å². The van der Waals surface area contributed by atoms with E-state index in [1.54, 1.807) is 10.6 Å². The second kappa shape index (κ2) is 4.98. The van der Waals surface area contributed by atoms with Crippen LogP contribution in [0.3, 0.4) is 0 Å². The average Bonchev–Trinajstić information content (AvgIpc) is 2.63. The third kappa shape index (κ3) is 2.83. The highest BCUT2D eigenvalue weighted by Gasteiger charge is 2.16. The van der Waals surface area contributed by atoms with Crippen molar-refractivity contribution in [1.82, 2.24) is 9.88 Å². The molecule has 1 heterocycles. The van der Waals surface area contributed by atoms with Gasteiger partial charge in [0.2, 0.25) is 0 Å². The molecule has 0 spiro atoms. The molecule has 0 fully saturated rings. The third-order valence-electron chi connectivity index (χ3n) is 2.68. The zero-order valence-electron chi connectivity index (χ0n) is 9.40. The summed E-state index contributed by atoms with van der Waals surface area (Å²) in [4.78, 5) is 11.7. The summed E-state index contributed by atoms with van der Waals surface area (Å²) in [6, 6.07) is 3.57. The van der Waals surface area contributed by atoms with Gasteiger partial charge in [0.1, 0.15) is 5.69 Å². The van der Waals surface area contributed by atoms with Gasteiger partial charge in [0, 0.05) is 25.9 Å². The number of rotatable bonds is 4. The highest BCUT2D eigenvalue weighted by Crippen LogP contribution is 2.04. The SMILES string of the molecule is CC(CO)C(C)NC(=O)c1cccn1C. The lowest BCUT2D eigenvalue weighted by atomic mass is 10.1. The predicted octanol–water partition coefficient (Wildman–Crippen LogP) is 0.772. The maximum atomic E-state index is 11.7. The average molecular weight is 210 g/mol. The molecular weight excluding hydrogens is 192 g/mol. The van der Waals surface area contributed by atoms with Crippen LogP contribution in [0.25, 0.3) is 0 Å². The van der Waals surface area contributed by atoms with Gasteiger partial charge >= 0.3 is 0 Å². The van der Waals surface area contributed by atoms with E-state index in [9.17, 15) is 4.79 Å². The maximum absolute atomic E-state index is 11.7. The van der Waals surface area contributed by atoms with Crippen molar-refractivity contribution in [3.63, 3.8) is 0 Å². The topological polar surface area (TPSA) is 54.3 Å². The molecule has 0 aliphatic heterocycles. The molecule has 4 nitrogen and oxygen atoms in total. The Labute approximate surface area is 89.9 Å². The van der Waals surface area contributed by atoms with Crippen molar-refractivity contribution < 1.29 is 9.90 Å². The molecule has 84 valence electrons. The Morgan fingerprint density at radius 3 is 2.73 bits per heavy atom. The van der Waals surface area contributed by atoms with Crippen LogP contribution in [-0.4, -0.2) is 28.2 Å². The molecule has 0 radical (unpaired) electrons. The molecule has 15 heavy (non-hydrogen) atoms. The fourth-order valence-electron chi connectivity index (χ4n) is 1.28. The van der Waals surface area contributed by atoms with E-state index in [0.29, 0.717) is 5.69 Å². The van der Waals surface area contributed by atoms with Crippen molar-refractivity contribution in [2.45, 2.75) is 19.9 Å². The van der Waals surface area contributed by atoms with E-state index in [-0.39, 0.29) is 24.5 Å². The minimum atomic E-state index is -0.102. The van der Waals surface area contributed by atoms with E-state index in [0.717, 1.165) is 0 Å². The monoisotopic (exact) mass is 210 g/mol. The van der Waals surface area contributed by atoms with E-state index in [1.807, 2.05) is 33.2 Å². The molecule has 0 aromatic carbocycles. The van der Waals surface area contributed by atoms with Gasteiger partial charge in [-0.15, -0.1) is 0 Å². The third-order valence-corrected chi connectivity index (χ3v) is 2.68. The summed E-state index contributed by atoms with van der Waals surface area (Å²) in [6.07, 6.45) is 1.83. The van der Waals surface area contributed by atoms with Gasteiger partial charge in [-0.2, -0.15) is 0 Å². The van der Waals surface area contributed by atoms with Crippen molar-refractivity contribution in [3.05, 3.63) is 24.0 Å². The van der Waals surface area contributed by atoms with Crippen molar-refractivity contribution in [2.24, 2.45) is 13.0 Å². The standard InChI is InChI=1S/C11H18N2O2/c1-8(7-14)9(2)12-11(15)10-5-4-6-13(10)3/h4-6,8-9,14H,7H2,1-3H3,(H,12,15). The van der Waals surface area contributed by atoms with E-state index < -0.39 is 0 Å². The Balaban J connectivity index is 2.60. The van der Waals surface area contributed by atoms with Crippen molar-refractivity contribution in [1.29, 1.82) is 0 Å². The molecule has 2 atom stereocenters. The van der Waals surface area contributed by atoms with Crippen molar-refractivity contribution >= 4 is 5.91 Å². The number of aliphatic hydroxyl groups excluding tert-OH is 1. The maximum Gasteiger partial charge on any atom is 0.268 e. The van der Waals surface area contributed by atoms with Crippen LogP contribution in [-0.2, 0) is 7.05 Å². The molecular formula is C11H18N2O2. The summed E-state index contributed by atoms with van der Waals surface area (Å²) >= 11 is 0. The first kappa shape index (κ1) is 11.8. The van der Waals surface area contributed by atoms with Crippen molar-refractivity contribution in [2.75, 3.05) is 6.61 Å². The van der Waals surface area contributed by atoms with Gasteiger partial charge < -0.3 is 15.0 Å². The summed E-state index contributed by atoms with van der Waals surface area (Å²) in [5.41, 5.74) is 0.631. The summed E-state index contributed by atoms with van der Waals surface area (Å²) < 4.78 is 1.77. The largest absolute Gasteiger partial charge is 0.396 e. The Kier molecular flexibility index (Phi) is 3.91. The van der Waals surface area contributed by atoms with Gasteiger partial charge in [0.05, 0.1) is 0 Å². The number of nitrogens with zero attached hydrogens (tertiary/aromatic N) is 1. The molecule has 4 heteroatoms. The Bertz CT molecular complexity index is 333. The molecule has 1 aromatic rings. The molecule has 0 saturated carbocycles. The number of carbonyl (C=O) groups is 1. The van der Waals surface area contributed by atoms with Gasteiger partial charge in [0.15, 0.2) is 0 Å². The Morgan fingerprint density at radius 2 is 2.27 bits per heavy atom. The second-order valence-electron chi connectivity index (χ2n) is 3.93. The van der Waals surface area contributed by atoms with Crippen LogP contribution >= 0.6 is 0 Å². The highest BCUT2D eigenvalue weighted by molar-refractivity contribution is 5.92. The Morgan fingerprint density at radius 1 is 1.60 bits per heavy atom. The second-order valence-corrected chi connectivity index (χ2v) is 3.93. The number of amides is 1. The normalized spacial score (nSPS) is 14.7. The number of aromatic nitrogens is 1. The van der Waals surface area contributed by atoms with Gasteiger partial charge in [-0.05, 0) is 25.0 Å². The zero-order chi connectivity index (χ0) is 11.4. The summed E-state index contributed by atoms with van der Waals surface area (Å²) in [6.45, 7) is 3.87. The number of hydrogen-bond donors (Lipinski definition) is 2. The van der Waals surface area contributed by atoms with Gasteiger partial charge in [-0.1, -0.05) is 6.92 Å². The van der Waals surface area contributed by atoms with Gasteiger partial charge in [0.25, 0.3) is 5.91 Å². The van der Waals surface area contributed by atoms with Crippen LogP contribution in [0.15, 0.2) is 18.3 Å². The number of aliphatic hydroxyl groups is 1. The minimum absolute atomic E-state index is 0.0302. The summed E-state index contributed by atoms with van der Waals surface area (Å²) in [5, 5.41) is 11.8. The van der Waals surface area contributed by atoms with Crippen LogP contribution < -0.4 is 5.32 Å². The van der Waals surface area contributed by atoms with Crippen LogP contribution in [0.5, 0.6) is 0 Å². The first-order chi connectivity index (χ1) is 7.06. The molecule has 0 aliphatic carbocycles. The molecule has 2 N–H and O–H groups in total. The number of carbonyl (C=O) groups excluding carboxylic acids is 1. The summed E-state index contributed by atoms with van der Waals surface area (Å²) in [7, 11) is 1.83. The molecule has 1 amide bonds. The van der Waals surface area contributed by atoms with Crippen LogP contribution in [0.2, 0.25) is 0 Å². The molecule has 1 aromatic heterocycles. The summed E-state index contributed by atoms with van der Waals surface area (Å²) in [5.74, 6) is -0.0375. The number of hydrogen-bond acceptors (Lipinski definition) is 2. The molecule has 0 aliphatic rings. The van der Waals surface area contributed by atoms with Gasteiger partial charge in [-0.25, -0.2) is 0 Å². The highest BCUT2D eigenvalue weighted by atomic mass is 16.3. The van der Waals surface area contributed by atoms with Crippen LogP contribution in [0, 0.1) is 5.92 Å². The Hall–Kier alpha value is -1.29. The number of nitrogens with one attached hydrogen (secondary N) is 1. The molecule has 2 unspecified atom stereocenters. The minimum Gasteiger partial charge on any atom is -0.396 e. The van der Waals surface area contributed by atoms with Gasteiger partial charge in [-0.3, -0.25) is 4.79 Å².